The summed E-state index contributed by atoms with van der Waals surface area (Å²) in [6.07, 6.45) is 1.43. The van der Waals surface area contributed by atoms with Crippen LogP contribution >= 0.6 is 0 Å². The average molecular weight is 501 g/mol. The molecule has 32 heavy (non-hydrogen) atoms. The highest BCUT2D eigenvalue weighted by Gasteiger charge is 2.24. The number of nitrogens with zero attached hydrogens (tertiary/aromatic N) is 2. The quantitative estimate of drug-likeness (QED) is 0.225. The molecule has 1 aromatic carbocycles. The van der Waals surface area contributed by atoms with Gasteiger partial charge in [-0.25, -0.2) is 0 Å². The molecule has 0 aromatic heterocycles. The minimum Gasteiger partial charge on any atom is -0.454 e. The molecule has 5 N–H and O–H groups in total. The van der Waals surface area contributed by atoms with Crippen LogP contribution in [0.15, 0.2) is 17.3 Å². The number of nitro benzene ring substituents is 1. The van der Waals surface area contributed by atoms with Crippen molar-refractivity contribution in [2.75, 3.05) is 38.9 Å². The normalized spacial score (nSPS) is 18.3. The highest BCUT2D eigenvalue weighted by atomic mass is 32.2. The second kappa shape index (κ2) is 11.9. The van der Waals surface area contributed by atoms with Crippen LogP contribution in [0.4, 0.5) is 5.69 Å². The topological polar surface area (TPSA) is 230 Å². The molecule has 1 aromatic rings. The van der Waals surface area contributed by atoms with Crippen molar-refractivity contribution in [3.63, 3.8) is 0 Å². The predicted octanol–water partition coefficient (Wildman–Crippen LogP) is -0.618. The monoisotopic (exact) mass is 500 g/mol. The number of rotatable bonds is 5. The second-order valence-corrected chi connectivity index (χ2v) is 9.41. The van der Waals surface area contributed by atoms with E-state index in [1.807, 2.05) is 0 Å². The third kappa shape index (κ3) is 11.2. The van der Waals surface area contributed by atoms with E-state index in [-0.39, 0.29) is 25.0 Å². The molecule has 1 unspecified atom stereocenters. The molecule has 2 aliphatic heterocycles. The SMILES string of the molecule is CS(=O)(=O)O.CS(=O)(=O)O.NCC1CNC/C1=N\OCc1cc2c(cc1[N+](=O)[O-])OCO2. The van der Waals surface area contributed by atoms with Gasteiger partial charge in [0.15, 0.2) is 11.5 Å². The van der Waals surface area contributed by atoms with Crippen molar-refractivity contribution in [2.45, 2.75) is 6.61 Å². The first kappa shape index (κ1) is 27.5. The highest BCUT2D eigenvalue weighted by Crippen LogP contribution is 2.38. The van der Waals surface area contributed by atoms with Crippen LogP contribution in [0.1, 0.15) is 5.56 Å². The van der Waals surface area contributed by atoms with Crippen molar-refractivity contribution in [2.24, 2.45) is 16.8 Å². The van der Waals surface area contributed by atoms with Crippen molar-refractivity contribution in [3.05, 3.63) is 27.8 Å². The van der Waals surface area contributed by atoms with E-state index >= 15 is 0 Å². The van der Waals surface area contributed by atoms with Crippen LogP contribution in [0.25, 0.3) is 0 Å². The molecule has 0 bridgehead atoms. The van der Waals surface area contributed by atoms with Gasteiger partial charge in [0.1, 0.15) is 6.61 Å². The third-order valence-electron chi connectivity index (χ3n) is 3.63. The average Bonchev–Trinajstić information content (AvgIpc) is 3.26. The first-order chi connectivity index (χ1) is 14.7. The molecule has 2 heterocycles. The molecular formula is C15H24N4O11S2. The first-order valence-corrected chi connectivity index (χ1v) is 12.4. The largest absolute Gasteiger partial charge is 0.454 e. The molecule has 15 nitrogen and oxygen atoms in total. The van der Waals surface area contributed by atoms with Gasteiger partial charge in [-0.3, -0.25) is 19.2 Å². The zero-order chi connectivity index (χ0) is 24.5. The maximum Gasteiger partial charge on any atom is 0.280 e. The summed E-state index contributed by atoms with van der Waals surface area (Å²) in [6.45, 7) is 1.91. The molecule has 0 spiro atoms. The maximum atomic E-state index is 11.1. The second-order valence-electron chi connectivity index (χ2n) is 6.48. The van der Waals surface area contributed by atoms with Crippen LogP contribution in [0.2, 0.25) is 0 Å². The molecular weight excluding hydrogens is 476 g/mol. The Morgan fingerprint density at radius 1 is 1.22 bits per heavy atom. The number of nitrogens with one attached hydrogen (secondary N) is 1. The molecule has 0 amide bonds. The van der Waals surface area contributed by atoms with Crippen LogP contribution in [0.5, 0.6) is 11.5 Å². The third-order valence-corrected chi connectivity index (χ3v) is 3.63. The van der Waals surface area contributed by atoms with Gasteiger partial charge in [-0.15, -0.1) is 0 Å². The molecule has 17 heteroatoms. The number of nitro groups is 1. The Bertz CT molecular complexity index is 996. The summed E-state index contributed by atoms with van der Waals surface area (Å²) >= 11 is 0. The Labute approximate surface area is 184 Å². The van der Waals surface area contributed by atoms with Gasteiger partial charge in [0.05, 0.1) is 34.8 Å². The molecule has 2 aliphatic rings. The van der Waals surface area contributed by atoms with Crippen molar-refractivity contribution in [1.29, 1.82) is 0 Å². The van der Waals surface area contributed by atoms with Gasteiger partial charge in [0.25, 0.3) is 25.9 Å². The van der Waals surface area contributed by atoms with Crippen molar-refractivity contribution < 1.29 is 45.2 Å². The number of nitrogens with two attached hydrogens (primary N) is 1. The summed E-state index contributed by atoms with van der Waals surface area (Å²) in [7, 11) is -7.33. The van der Waals surface area contributed by atoms with E-state index in [0.29, 0.717) is 42.7 Å². The number of oxime groups is 1. The smallest absolute Gasteiger partial charge is 0.280 e. The molecule has 0 radical (unpaired) electrons. The molecule has 1 saturated heterocycles. The van der Waals surface area contributed by atoms with Gasteiger partial charge in [-0.2, -0.15) is 16.8 Å². The van der Waals surface area contributed by atoms with Crippen LogP contribution in [0, 0.1) is 16.0 Å². The van der Waals surface area contributed by atoms with Gasteiger partial charge in [-0.05, 0) is 6.07 Å². The van der Waals surface area contributed by atoms with Crippen LogP contribution in [-0.4, -0.2) is 75.5 Å². The van der Waals surface area contributed by atoms with Crippen molar-refractivity contribution in [3.8, 4) is 11.5 Å². The van der Waals surface area contributed by atoms with Gasteiger partial charge in [0.2, 0.25) is 6.79 Å². The lowest BCUT2D eigenvalue weighted by Gasteiger charge is -2.07. The van der Waals surface area contributed by atoms with E-state index in [1.165, 1.54) is 6.07 Å². The van der Waals surface area contributed by atoms with E-state index in [2.05, 4.69) is 10.5 Å². The highest BCUT2D eigenvalue weighted by molar-refractivity contribution is 7.85. The Morgan fingerprint density at radius 2 is 1.75 bits per heavy atom. The Balaban J connectivity index is 0.000000431. The Kier molecular flexibility index (Phi) is 10.2. The van der Waals surface area contributed by atoms with Crippen LogP contribution in [0.3, 0.4) is 0 Å². The van der Waals surface area contributed by atoms with Crippen molar-refractivity contribution in [1.82, 2.24) is 5.32 Å². The fraction of sp³-hybridized carbons (Fsp3) is 0.533. The number of benzene rings is 1. The summed E-state index contributed by atoms with van der Waals surface area (Å²) in [4.78, 5) is 15.9. The maximum absolute atomic E-state index is 11.1. The summed E-state index contributed by atoms with van der Waals surface area (Å²) < 4.78 is 62.1. The van der Waals surface area contributed by atoms with E-state index < -0.39 is 25.2 Å². The molecule has 3 rings (SSSR count). The zero-order valence-corrected chi connectivity index (χ0v) is 18.8. The van der Waals surface area contributed by atoms with E-state index in [0.717, 1.165) is 12.3 Å². The fourth-order valence-electron chi connectivity index (χ4n) is 2.41. The standard InChI is InChI=1S/C13H16N4O5.2CH4O3S/c14-3-9-4-15-5-10(9)16-22-6-8-1-12-13(21-7-20-12)2-11(8)17(18)19;2*1-5(2,3)4/h1-2,9,15H,3-7,14H2;2*1H3,(H,2,3,4)/b16-10+;;. The zero-order valence-electron chi connectivity index (χ0n) is 17.1. The van der Waals surface area contributed by atoms with E-state index in [1.54, 1.807) is 6.07 Å². The van der Waals surface area contributed by atoms with E-state index in [4.69, 9.17) is 29.2 Å². The minimum atomic E-state index is -3.67. The lowest BCUT2D eigenvalue weighted by atomic mass is 10.1. The lowest BCUT2D eigenvalue weighted by molar-refractivity contribution is -0.386. The Hall–Kier alpha value is -2.57. The summed E-state index contributed by atoms with van der Waals surface area (Å²) in [5.74, 6) is 0.982. The van der Waals surface area contributed by atoms with Crippen molar-refractivity contribution >= 4 is 31.6 Å². The molecule has 1 fully saturated rings. The summed E-state index contributed by atoms with van der Waals surface area (Å²) in [6, 6.07) is 2.89. The molecule has 182 valence electrons. The van der Waals surface area contributed by atoms with E-state index in [9.17, 15) is 26.9 Å². The summed E-state index contributed by atoms with van der Waals surface area (Å²) in [5.41, 5.74) is 6.77. The van der Waals surface area contributed by atoms with Gasteiger partial charge in [-0.1, -0.05) is 5.16 Å². The fourth-order valence-corrected chi connectivity index (χ4v) is 2.41. The number of hydrogen-bond acceptors (Lipinski definition) is 12. The van der Waals surface area contributed by atoms with Gasteiger partial charge in [0, 0.05) is 25.6 Å². The number of fused-ring (bicyclic) bond motifs is 1. The van der Waals surface area contributed by atoms with Gasteiger partial charge >= 0.3 is 0 Å². The Morgan fingerprint density at radius 3 is 2.25 bits per heavy atom. The van der Waals surface area contributed by atoms with Crippen LogP contribution < -0.4 is 20.5 Å². The predicted molar refractivity (Wildman–Crippen MR) is 112 cm³/mol. The minimum absolute atomic E-state index is 0.0201. The molecule has 0 saturated carbocycles. The molecule has 1 atom stereocenters. The summed E-state index contributed by atoms with van der Waals surface area (Å²) in [5, 5.41) is 18.3. The van der Waals surface area contributed by atoms with Gasteiger partial charge < -0.3 is 25.4 Å². The lowest BCUT2D eigenvalue weighted by Crippen LogP contribution is -2.22. The molecule has 0 aliphatic carbocycles. The number of hydrogen-bond donors (Lipinski definition) is 4. The van der Waals surface area contributed by atoms with Crippen LogP contribution in [-0.2, 0) is 31.7 Å². The number of ether oxygens (including phenoxy) is 2. The first-order valence-electron chi connectivity index (χ1n) is 8.70.